The van der Waals surface area contributed by atoms with E-state index in [1.807, 2.05) is 0 Å². The fourth-order valence-electron chi connectivity index (χ4n) is 1.48. The smallest absolute Gasteiger partial charge is 0.335 e. The van der Waals surface area contributed by atoms with Gasteiger partial charge in [0, 0.05) is 11.1 Å². The molecule has 4 heteroatoms. The van der Waals surface area contributed by atoms with Crippen LogP contribution < -0.4 is 5.73 Å². The third-order valence-corrected chi connectivity index (χ3v) is 2.20. The van der Waals surface area contributed by atoms with E-state index < -0.39 is 5.97 Å². The van der Waals surface area contributed by atoms with Crippen molar-refractivity contribution in [3.63, 3.8) is 0 Å². The standard InChI is InChI=1S/C11H9NO3/c12-8-2-1-6-3-7(11(14)15)4-10(13)9(6)5-8/h1-5,13H,12H2,(H,14,15). The van der Waals surface area contributed by atoms with Crippen molar-refractivity contribution in [2.75, 3.05) is 5.73 Å². The first-order valence-electron chi connectivity index (χ1n) is 4.33. The van der Waals surface area contributed by atoms with Gasteiger partial charge in [0.15, 0.2) is 0 Å². The Morgan fingerprint density at radius 3 is 2.60 bits per heavy atom. The topological polar surface area (TPSA) is 83.6 Å². The number of carbonyl (C=O) groups is 1. The number of aromatic hydroxyl groups is 1. The number of hydrogen-bond acceptors (Lipinski definition) is 3. The fraction of sp³-hybridized carbons (Fsp3) is 0. The number of phenolic OH excluding ortho intramolecular Hbond substituents is 1. The van der Waals surface area contributed by atoms with E-state index in [0.29, 0.717) is 16.5 Å². The van der Waals surface area contributed by atoms with Crippen LogP contribution in [-0.2, 0) is 0 Å². The number of hydrogen-bond donors (Lipinski definition) is 3. The van der Waals surface area contributed by atoms with Crippen LogP contribution in [0, 0.1) is 0 Å². The van der Waals surface area contributed by atoms with Gasteiger partial charge in [0.1, 0.15) is 5.75 Å². The molecule has 0 aliphatic rings. The lowest BCUT2D eigenvalue weighted by Gasteiger charge is -2.04. The second-order valence-corrected chi connectivity index (χ2v) is 3.28. The van der Waals surface area contributed by atoms with Crippen molar-refractivity contribution in [3.8, 4) is 5.75 Å². The Balaban J connectivity index is 2.78. The molecule has 0 aliphatic heterocycles. The highest BCUT2D eigenvalue weighted by atomic mass is 16.4. The second kappa shape index (κ2) is 3.16. The quantitative estimate of drug-likeness (QED) is 0.617. The van der Waals surface area contributed by atoms with Crippen molar-refractivity contribution in [3.05, 3.63) is 35.9 Å². The Morgan fingerprint density at radius 2 is 1.93 bits per heavy atom. The molecule has 0 aliphatic carbocycles. The predicted octanol–water partition coefficient (Wildman–Crippen LogP) is 1.83. The van der Waals surface area contributed by atoms with Crippen LogP contribution in [0.25, 0.3) is 10.8 Å². The first-order chi connectivity index (χ1) is 7.08. The Hall–Kier alpha value is -2.23. The molecule has 0 spiro atoms. The Morgan fingerprint density at radius 1 is 1.20 bits per heavy atom. The molecular weight excluding hydrogens is 194 g/mol. The monoisotopic (exact) mass is 203 g/mol. The van der Waals surface area contributed by atoms with Gasteiger partial charge in [-0.3, -0.25) is 0 Å². The van der Waals surface area contributed by atoms with Gasteiger partial charge in [0.25, 0.3) is 0 Å². The summed E-state index contributed by atoms with van der Waals surface area (Å²) in [6.07, 6.45) is 0. The molecule has 0 saturated carbocycles. The molecule has 0 bridgehead atoms. The number of fused-ring (bicyclic) bond motifs is 1. The van der Waals surface area contributed by atoms with Crippen LogP contribution in [0.4, 0.5) is 5.69 Å². The highest BCUT2D eigenvalue weighted by Gasteiger charge is 2.08. The summed E-state index contributed by atoms with van der Waals surface area (Å²) in [6, 6.07) is 7.65. The largest absolute Gasteiger partial charge is 0.507 e. The Labute approximate surface area is 85.6 Å². The van der Waals surface area contributed by atoms with Gasteiger partial charge in [-0.25, -0.2) is 4.79 Å². The minimum Gasteiger partial charge on any atom is -0.507 e. The molecule has 2 aromatic rings. The summed E-state index contributed by atoms with van der Waals surface area (Å²) in [5.74, 6) is -1.14. The van der Waals surface area contributed by atoms with Gasteiger partial charge in [-0.2, -0.15) is 0 Å². The molecule has 0 radical (unpaired) electrons. The summed E-state index contributed by atoms with van der Waals surface area (Å²) in [6.45, 7) is 0. The van der Waals surface area contributed by atoms with Crippen LogP contribution in [0.3, 0.4) is 0 Å². The number of nitrogen functional groups attached to an aromatic ring is 1. The lowest BCUT2D eigenvalue weighted by atomic mass is 10.1. The average Bonchev–Trinajstić information content (AvgIpc) is 2.18. The third kappa shape index (κ3) is 1.57. The van der Waals surface area contributed by atoms with Gasteiger partial charge >= 0.3 is 5.97 Å². The Bertz CT molecular complexity index is 549. The van der Waals surface area contributed by atoms with Crippen molar-refractivity contribution in [2.24, 2.45) is 0 Å². The predicted molar refractivity (Wildman–Crippen MR) is 57.0 cm³/mol. The second-order valence-electron chi connectivity index (χ2n) is 3.28. The van der Waals surface area contributed by atoms with E-state index in [2.05, 4.69) is 0 Å². The van der Waals surface area contributed by atoms with E-state index in [1.54, 1.807) is 18.2 Å². The molecule has 2 aromatic carbocycles. The van der Waals surface area contributed by atoms with Crippen molar-refractivity contribution in [1.29, 1.82) is 0 Å². The van der Waals surface area contributed by atoms with Crippen LogP contribution in [-0.4, -0.2) is 16.2 Å². The van der Waals surface area contributed by atoms with Crippen molar-refractivity contribution in [1.82, 2.24) is 0 Å². The number of carboxylic acids is 1. The van der Waals surface area contributed by atoms with Crippen molar-refractivity contribution < 1.29 is 15.0 Å². The molecule has 0 fully saturated rings. The molecule has 0 atom stereocenters. The van der Waals surface area contributed by atoms with E-state index in [0.717, 1.165) is 0 Å². The van der Waals surface area contributed by atoms with E-state index >= 15 is 0 Å². The van der Waals surface area contributed by atoms with Crippen molar-refractivity contribution >= 4 is 22.4 Å². The first kappa shape index (κ1) is 9.33. The summed E-state index contributed by atoms with van der Waals surface area (Å²) in [5, 5.41) is 19.6. The van der Waals surface area contributed by atoms with E-state index in [9.17, 15) is 9.90 Å². The van der Waals surface area contributed by atoms with E-state index in [1.165, 1.54) is 12.1 Å². The number of benzene rings is 2. The highest BCUT2D eigenvalue weighted by molar-refractivity contribution is 5.98. The number of aromatic carboxylic acids is 1. The molecule has 0 unspecified atom stereocenters. The lowest BCUT2D eigenvalue weighted by molar-refractivity contribution is 0.0696. The zero-order valence-electron chi connectivity index (χ0n) is 7.77. The molecule has 0 heterocycles. The molecule has 76 valence electrons. The van der Waals surface area contributed by atoms with E-state index in [4.69, 9.17) is 10.8 Å². The summed E-state index contributed by atoms with van der Waals surface area (Å²) in [4.78, 5) is 10.7. The Kier molecular flexibility index (Phi) is 1.97. The third-order valence-electron chi connectivity index (χ3n) is 2.20. The van der Waals surface area contributed by atoms with E-state index in [-0.39, 0.29) is 11.3 Å². The van der Waals surface area contributed by atoms with Gasteiger partial charge in [0.2, 0.25) is 0 Å². The molecule has 0 saturated heterocycles. The molecule has 0 aromatic heterocycles. The van der Waals surface area contributed by atoms with Crippen molar-refractivity contribution in [2.45, 2.75) is 0 Å². The van der Waals surface area contributed by atoms with Gasteiger partial charge in [0.05, 0.1) is 5.56 Å². The summed E-state index contributed by atoms with van der Waals surface area (Å²) >= 11 is 0. The van der Waals surface area contributed by atoms with Gasteiger partial charge in [-0.1, -0.05) is 6.07 Å². The zero-order valence-corrected chi connectivity index (χ0v) is 7.77. The van der Waals surface area contributed by atoms with Crippen LogP contribution in [0.1, 0.15) is 10.4 Å². The van der Waals surface area contributed by atoms with Crippen LogP contribution >= 0.6 is 0 Å². The summed E-state index contributed by atoms with van der Waals surface area (Å²) < 4.78 is 0. The fourth-order valence-corrected chi connectivity index (χ4v) is 1.48. The maximum Gasteiger partial charge on any atom is 0.335 e. The maximum atomic E-state index is 10.7. The first-order valence-corrected chi connectivity index (χ1v) is 4.33. The van der Waals surface area contributed by atoms with Gasteiger partial charge in [-0.15, -0.1) is 0 Å². The zero-order chi connectivity index (χ0) is 11.0. The molecule has 4 N–H and O–H groups in total. The van der Waals surface area contributed by atoms with Crippen LogP contribution in [0.2, 0.25) is 0 Å². The maximum absolute atomic E-state index is 10.7. The number of phenols is 1. The van der Waals surface area contributed by atoms with Crippen LogP contribution in [0.15, 0.2) is 30.3 Å². The number of rotatable bonds is 1. The van der Waals surface area contributed by atoms with Gasteiger partial charge < -0.3 is 15.9 Å². The lowest BCUT2D eigenvalue weighted by Crippen LogP contribution is -1.96. The molecule has 15 heavy (non-hydrogen) atoms. The molecule has 2 rings (SSSR count). The number of anilines is 1. The number of nitrogens with two attached hydrogens (primary N) is 1. The molecule has 4 nitrogen and oxygen atoms in total. The molecular formula is C11H9NO3. The van der Waals surface area contributed by atoms with Gasteiger partial charge in [-0.05, 0) is 29.7 Å². The minimum atomic E-state index is -1.07. The molecule has 0 amide bonds. The average molecular weight is 203 g/mol. The van der Waals surface area contributed by atoms with Crippen LogP contribution in [0.5, 0.6) is 5.75 Å². The minimum absolute atomic E-state index is 0.0600. The summed E-state index contributed by atoms with van der Waals surface area (Å²) in [7, 11) is 0. The summed E-state index contributed by atoms with van der Waals surface area (Å²) in [5.41, 5.74) is 6.15. The SMILES string of the molecule is Nc1ccc2cc(C(=O)O)cc(O)c2c1. The normalized spacial score (nSPS) is 10.4. The number of carboxylic acid groups (broad SMARTS) is 1. The highest BCUT2D eigenvalue weighted by Crippen LogP contribution is 2.28.